The maximum absolute atomic E-state index is 14.7. The lowest BCUT2D eigenvalue weighted by Crippen LogP contribution is -2.52. The van der Waals surface area contributed by atoms with E-state index >= 15 is 0 Å². The summed E-state index contributed by atoms with van der Waals surface area (Å²) in [5.74, 6) is -3.26. The molecule has 10 heteroatoms. The van der Waals surface area contributed by atoms with Gasteiger partial charge < -0.3 is 19.0 Å². The maximum Gasteiger partial charge on any atom is 0.194 e. The molecule has 2 aliphatic heterocycles. The molecule has 3 heterocycles. The van der Waals surface area contributed by atoms with Crippen LogP contribution >= 0.6 is 0 Å². The van der Waals surface area contributed by atoms with E-state index in [9.17, 15) is 17.6 Å². The van der Waals surface area contributed by atoms with E-state index in [0.29, 0.717) is 43.0 Å². The Bertz CT molecular complexity index is 1790. The third-order valence-corrected chi connectivity index (χ3v) is 8.60. The third kappa shape index (κ3) is 4.73. The summed E-state index contributed by atoms with van der Waals surface area (Å²) in [6, 6.07) is 11.6. The molecule has 0 saturated carbocycles. The highest BCUT2D eigenvalue weighted by atomic mass is 19.2. The highest BCUT2D eigenvalue weighted by Gasteiger charge is 2.55. The lowest BCUT2D eigenvalue weighted by atomic mass is 9.80. The number of benzene rings is 3. The van der Waals surface area contributed by atoms with Gasteiger partial charge in [0.05, 0.1) is 24.8 Å². The molecular weight excluding hydrogens is 572 g/mol. The van der Waals surface area contributed by atoms with E-state index in [1.54, 1.807) is 19.5 Å². The van der Waals surface area contributed by atoms with Gasteiger partial charge in [-0.25, -0.2) is 22.5 Å². The minimum atomic E-state index is -1.53. The van der Waals surface area contributed by atoms with Gasteiger partial charge in [0, 0.05) is 24.7 Å². The number of oxime groups is 1. The molecule has 1 unspecified atom stereocenters. The average molecular weight is 605 g/mol. The lowest BCUT2D eigenvalue weighted by molar-refractivity contribution is -0.117. The number of imidazole rings is 1. The van der Waals surface area contributed by atoms with Crippen molar-refractivity contribution in [1.29, 1.82) is 0 Å². The Morgan fingerprint density at radius 2 is 1.82 bits per heavy atom. The first-order chi connectivity index (χ1) is 20.8. The molecule has 4 aromatic rings. The van der Waals surface area contributed by atoms with Crippen molar-refractivity contribution in [2.75, 3.05) is 13.7 Å². The summed E-state index contributed by atoms with van der Waals surface area (Å²) in [5, 5.41) is 4.61. The first-order valence-electron chi connectivity index (χ1n) is 14.1. The van der Waals surface area contributed by atoms with Crippen LogP contribution in [-0.2, 0) is 16.9 Å². The molecule has 3 aliphatic rings. The Labute approximate surface area is 253 Å². The number of piperidine rings is 1. The molecule has 228 valence electrons. The van der Waals surface area contributed by atoms with E-state index in [1.165, 1.54) is 12.1 Å². The number of methoxy groups -OCH3 is 1. The zero-order valence-corrected chi connectivity index (χ0v) is 23.6. The number of hydrogen-bond acceptors (Lipinski definition) is 5. The van der Waals surface area contributed by atoms with Crippen molar-refractivity contribution in [3.05, 3.63) is 118 Å². The average Bonchev–Trinajstić information content (AvgIpc) is 3.59. The summed E-state index contributed by atoms with van der Waals surface area (Å²) in [5.41, 5.74) is 4.01. The molecule has 1 aliphatic carbocycles. The van der Waals surface area contributed by atoms with Crippen molar-refractivity contribution in [3.63, 3.8) is 0 Å². The molecule has 0 radical (unpaired) electrons. The number of fused-ring (bicyclic) bond motifs is 3. The number of nitrogens with zero attached hydrogens (tertiary/aromatic N) is 4. The fourth-order valence-electron chi connectivity index (χ4n) is 6.72. The smallest absolute Gasteiger partial charge is 0.194 e. The van der Waals surface area contributed by atoms with Crippen LogP contribution in [-0.4, -0.2) is 33.9 Å². The van der Waals surface area contributed by atoms with Gasteiger partial charge in [-0.15, -0.1) is 0 Å². The second-order valence-electron chi connectivity index (χ2n) is 11.2. The highest BCUT2D eigenvalue weighted by Crippen LogP contribution is 2.54. The van der Waals surface area contributed by atoms with Gasteiger partial charge in [-0.1, -0.05) is 24.7 Å². The second kappa shape index (κ2) is 11.2. The third-order valence-electron chi connectivity index (χ3n) is 8.60. The molecule has 1 saturated heterocycles. The van der Waals surface area contributed by atoms with Gasteiger partial charge in [-0.2, -0.15) is 0 Å². The fraction of sp³-hybridized carbons (Fsp3) is 0.294. The van der Waals surface area contributed by atoms with Gasteiger partial charge in [0.15, 0.2) is 28.9 Å². The van der Waals surface area contributed by atoms with Crippen LogP contribution in [0.15, 0.2) is 71.8 Å². The van der Waals surface area contributed by atoms with E-state index in [0.717, 1.165) is 46.6 Å². The molecule has 2 atom stereocenters. The van der Waals surface area contributed by atoms with Crippen molar-refractivity contribution < 1.29 is 27.1 Å². The predicted octanol–water partition coefficient (Wildman–Crippen LogP) is 7.79. The monoisotopic (exact) mass is 604 g/mol. The number of aromatic nitrogens is 2. The number of aryl methyl sites for hydroxylation is 2. The van der Waals surface area contributed by atoms with Crippen LogP contribution < -0.4 is 4.74 Å². The number of halogens is 4. The molecule has 0 amide bonds. The van der Waals surface area contributed by atoms with Gasteiger partial charge in [0.1, 0.15) is 17.6 Å². The van der Waals surface area contributed by atoms with Gasteiger partial charge in [-0.05, 0) is 90.9 Å². The maximum atomic E-state index is 14.7. The Morgan fingerprint density at radius 1 is 1.02 bits per heavy atom. The summed E-state index contributed by atoms with van der Waals surface area (Å²) < 4.78 is 65.1. The number of amidine groups is 1. The Morgan fingerprint density at radius 3 is 2.55 bits per heavy atom. The summed E-state index contributed by atoms with van der Waals surface area (Å²) in [7, 11) is 1.61. The van der Waals surface area contributed by atoms with Crippen molar-refractivity contribution in [3.8, 4) is 11.4 Å². The van der Waals surface area contributed by atoms with Crippen molar-refractivity contribution in [2.45, 2.75) is 51.7 Å². The van der Waals surface area contributed by atoms with E-state index in [-0.39, 0.29) is 18.8 Å². The van der Waals surface area contributed by atoms with Crippen LogP contribution in [0.5, 0.6) is 5.75 Å². The molecule has 7 rings (SSSR count). The topological polar surface area (TPSA) is 51.9 Å². The first kappa shape index (κ1) is 29.5. The molecule has 1 aromatic heterocycles. The fourth-order valence-corrected chi connectivity index (χ4v) is 6.72. The number of ether oxygens (including phenoxy) is 1. The zero-order valence-electron chi connectivity index (χ0n) is 23.6. The van der Waals surface area contributed by atoms with E-state index < -0.39 is 29.1 Å². The number of hydrogen-bond donors (Lipinski definition) is 0. The SMILES string of the molecule is C.COc1cc(/C=C2\CCCN3C2=NOC2(CCc4cc(F)ccc42)[C@@H]3c2cc(F)c(F)c(F)c2)ccc1-n1cnc(C)c1. The minimum absolute atomic E-state index is 0. The minimum Gasteiger partial charge on any atom is -0.495 e. The summed E-state index contributed by atoms with van der Waals surface area (Å²) in [6.07, 6.45) is 7.98. The van der Waals surface area contributed by atoms with Gasteiger partial charge in [0.25, 0.3) is 0 Å². The van der Waals surface area contributed by atoms with Gasteiger partial charge >= 0.3 is 0 Å². The Balaban J connectivity index is 0.00000343. The summed E-state index contributed by atoms with van der Waals surface area (Å²) in [4.78, 5) is 12.6. The number of rotatable bonds is 4. The molecule has 6 nitrogen and oxygen atoms in total. The highest BCUT2D eigenvalue weighted by molar-refractivity contribution is 6.03. The van der Waals surface area contributed by atoms with Crippen LogP contribution in [0.2, 0.25) is 0 Å². The van der Waals surface area contributed by atoms with E-state index in [4.69, 9.17) is 9.57 Å². The lowest BCUT2D eigenvalue weighted by Gasteiger charge is -2.49. The van der Waals surface area contributed by atoms with Crippen LogP contribution in [0.3, 0.4) is 0 Å². The molecule has 0 bridgehead atoms. The van der Waals surface area contributed by atoms with Crippen molar-refractivity contribution in [1.82, 2.24) is 14.5 Å². The van der Waals surface area contributed by atoms with Crippen molar-refractivity contribution >= 4 is 11.9 Å². The zero-order chi connectivity index (χ0) is 29.9. The Hall–Kier alpha value is -4.60. The molecule has 44 heavy (non-hydrogen) atoms. The molecule has 0 N–H and O–H groups in total. The van der Waals surface area contributed by atoms with Crippen molar-refractivity contribution in [2.24, 2.45) is 5.16 Å². The summed E-state index contributed by atoms with van der Waals surface area (Å²) >= 11 is 0. The summed E-state index contributed by atoms with van der Waals surface area (Å²) in [6.45, 7) is 2.45. The normalized spacial score (nSPS) is 21.4. The van der Waals surface area contributed by atoms with E-state index in [1.807, 2.05) is 46.9 Å². The largest absolute Gasteiger partial charge is 0.495 e. The second-order valence-corrected chi connectivity index (χ2v) is 11.2. The van der Waals surface area contributed by atoms with Crippen LogP contribution in [0, 0.1) is 30.2 Å². The molecule has 1 fully saturated rings. The molecule has 1 spiro atoms. The van der Waals surface area contributed by atoms with Gasteiger partial charge in [0.2, 0.25) is 0 Å². The molecule has 3 aromatic carbocycles. The van der Waals surface area contributed by atoms with Gasteiger partial charge in [-0.3, -0.25) is 0 Å². The quantitative estimate of drug-likeness (QED) is 0.176. The van der Waals surface area contributed by atoms with Crippen LogP contribution in [0.4, 0.5) is 17.6 Å². The predicted molar refractivity (Wildman–Crippen MR) is 159 cm³/mol. The van der Waals surface area contributed by atoms with Crippen LogP contribution in [0.1, 0.15) is 60.7 Å². The first-order valence-corrected chi connectivity index (χ1v) is 14.1. The van der Waals surface area contributed by atoms with E-state index in [2.05, 4.69) is 10.1 Å². The molecular formula is C34H32F4N4O2. The standard InChI is InChI=1S/C33H28F4N4O2.CH4/c1-19-17-40(18-38-19)28-8-5-20(13-29(28)42-2)12-22-4-3-11-41-31(23-15-26(35)30(37)27(36)16-23)33(43-39-32(22)41)10-9-21-14-24(34)6-7-25(21)33;/h5-8,12-18,31H,3-4,9-11H2,1-2H3;1H4/b22-12+;/t31-,33?;/m0./s1. The Kier molecular flexibility index (Phi) is 7.47. The van der Waals surface area contributed by atoms with Crippen LogP contribution in [0.25, 0.3) is 11.8 Å².